The van der Waals surface area contributed by atoms with E-state index in [1.807, 2.05) is 19.1 Å². The molecule has 1 aliphatic rings. The lowest BCUT2D eigenvalue weighted by Gasteiger charge is -2.32. The van der Waals surface area contributed by atoms with E-state index < -0.39 is 15.9 Å². The zero-order valence-corrected chi connectivity index (χ0v) is 18.8. The molecule has 1 N–H and O–H groups in total. The fourth-order valence-corrected chi connectivity index (χ4v) is 5.74. The molecule has 0 spiro atoms. The fraction of sp³-hybridized carbons (Fsp3) is 0.350. The fourth-order valence-electron chi connectivity index (χ4n) is 3.35. The Morgan fingerprint density at radius 1 is 1.10 bits per heavy atom. The number of amides is 1. The summed E-state index contributed by atoms with van der Waals surface area (Å²) < 4.78 is 27.4. The summed E-state index contributed by atoms with van der Waals surface area (Å²) in [6.45, 7) is 2.32. The maximum absolute atomic E-state index is 13.0. The number of benzene rings is 2. The quantitative estimate of drug-likeness (QED) is 0.667. The Morgan fingerprint density at radius 3 is 2.45 bits per heavy atom. The number of piperidine rings is 1. The second-order valence-electron chi connectivity index (χ2n) is 7.06. The molecule has 2 aromatic rings. The Bertz CT molecular complexity index is 997. The lowest BCUT2D eigenvalue weighted by Crippen LogP contribution is -2.45. The van der Waals surface area contributed by atoms with Gasteiger partial charge in [-0.05, 0) is 55.7 Å². The highest BCUT2D eigenvalue weighted by molar-refractivity contribution is 7.89. The number of carbonyl (C=O) groups excluding carboxylic acids is 1. The van der Waals surface area contributed by atoms with Crippen LogP contribution in [0.2, 0.25) is 15.1 Å². The molecule has 0 saturated carbocycles. The minimum absolute atomic E-state index is 0.0396. The largest absolute Gasteiger partial charge is 0.349 e. The van der Waals surface area contributed by atoms with Crippen LogP contribution in [0, 0.1) is 5.92 Å². The number of sulfonamides is 1. The second kappa shape index (κ2) is 9.23. The van der Waals surface area contributed by atoms with Gasteiger partial charge in [-0.2, -0.15) is 4.31 Å². The normalized spacial score (nSPS) is 19.0. The van der Waals surface area contributed by atoms with Crippen molar-refractivity contribution in [1.29, 1.82) is 0 Å². The van der Waals surface area contributed by atoms with Crippen LogP contribution in [0.5, 0.6) is 0 Å². The Hall–Kier alpha value is -1.31. The Kier molecular flexibility index (Phi) is 7.12. The molecule has 0 aromatic heterocycles. The third-order valence-electron chi connectivity index (χ3n) is 4.99. The van der Waals surface area contributed by atoms with Gasteiger partial charge in [0, 0.05) is 23.1 Å². The second-order valence-corrected chi connectivity index (χ2v) is 10.2. The van der Waals surface area contributed by atoms with E-state index in [4.69, 9.17) is 34.8 Å². The minimum atomic E-state index is -3.84. The molecule has 0 unspecified atom stereocenters. The van der Waals surface area contributed by atoms with E-state index in [0.717, 1.165) is 5.56 Å². The molecule has 5 nitrogen and oxygen atoms in total. The summed E-state index contributed by atoms with van der Waals surface area (Å²) in [6.07, 6.45) is 1.21. The Balaban J connectivity index is 1.72. The summed E-state index contributed by atoms with van der Waals surface area (Å²) in [5.74, 6) is -0.615. The van der Waals surface area contributed by atoms with Gasteiger partial charge in [0.1, 0.15) is 4.90 Å². The van der Waals surface area contributed by atoms with E-state index in [1.165, 1.54) is 22.5 Å². The first-order chi connectivity index (χ1) is 13.7. The summed E-state index contributed by atoms with van der Waals surface area (Å²) in [4.78, 5) is 12.7. The third-order valence-corrected chi connectivity index (χ3v) is 7.83. The Morgan fingerprint density at radius 2 is 1.76 bits per heavy atom. The van der Waals surface area contributed by atoms with Gasteiger partial charge in [0.25, 0.3) is 0 Å². The number of hydrogen-bond donors (Lipinski definition) is 1. The molecule has 156 valence electrons. The van der Waals surface area contributed by atoms with Gasteiger partial charge in [-0.1, -0.05) is 46.9 Å². The first-order valence-corrected chi connectivity index (χ1v) is 11.8. The molecule has 2 aromatic carbocycles. The summed E-state index contributed by atoms with van der Waals surface area (Å²) in [6, 6.07) is 11.4. The van der Waals surface area contributed by atoms with Crippen LogP contribution in [-0.2, 0) is 14.8 Å². The molecular weight excluding hydrogens is 455 g/mol. The first-order valence-electron chi connectivity index (χ1n) is 9.19. The maximum Gasteiger partial charge on any atom is 0.244 e. The van der Waals surface area contributed by atoms with Gasteiger partial charge in [0.2, 0.25) is 15.9 Å². The van der Waals surface area contributed by atoms with Gasteiger partial charge in [-0.15, -0.1) is 0 Å². The SMILES string of the molecule is C[C@H](NC(=O)[C@H]1CCCN(S(=O)(=O)c2cc(Cl)ccc2Cl)C1)c1ccc(Cl)cc1. The predicted molar refractivity (Wildman–Crippen MR) is 116 cm³/mol. The molecule has 1 amide bonds. The molecule has 2 atom stereocenters. The van der Waals surface area contributed by atoms with Gasteiger partial charge in [-0.3, -0.25) is 4.79 Å². The van der Waals surface area contributed by atoms with E-state index in [-0.39, 0.29) is 33.4 Å². The van der Waals surface area contributed by atoms with Crippen LogP contribution in [0.25, 0.3) is 0 Å². The van der Waals surface area contributed by atoms with Gasteiger partial charge >= 0.3 is 0 Å². The number of nitrogens with zero attached hydrogens (tertiary/aromatic N) is 1. The average Bonchev–Trinajstić information content (AvgIpc) is 2.70. The number of carbonyl (C=O) groups is 1. The molecule has 0 radical (unpaired) electrons. The van der Waals surface area contributed by atoms with E-state index in [2.05, 4.69) is 5.32 Å². The zero-order chi connectivity index (χ0) is 21.2. The zero-order valence-electron chi connectivity index (χ0n) is 15.7. The highest BCUT2D eigenvalue weighted by Gasteiger charge is 2.34. The maximum atomic E-state index is 13.0. The number of hydrogen-bond acceptors (Lipinski definition) is 3. The summed E-state index contributed by atoms with van der Waals surface area (Å²) in [5, 5.41) is 3.99. The average molecular weight is 476 g/mol. The molecular formula is C20H21Cl3N2O3S. The molecule has 29 heavy (non-hydrogen) atoms. The molecule has 1 aliphatic heterocycles. The van der Waals surface area contributed by atoms with Gasteiger partial charge in [0.05, 0.1) is 17.0 Å². The highest BCUT2D eigenvalue weighted by atomic mass is 35.5. The van der Waals surface area contributed by atoms with Gasteiger partial charge in [0.15, 0.2) is 0 Å². The van der Waals surface area contributed by atoms with E-state index in [1.54, 1.807) is 12.1 Å². The topological polar surface area (TPSA) is 66.5 Å². The number of halogens is 3. The summed E-state index contributed by atoms with van der Waals surface area (Å²) in [5.41, 5.74) is 0.925. The lowest BCUT2D eigenvalue weighted by atomic mass is 9.98. The van der Waals surface area contributed by atoms with Crippen LogP contribution in [0.3, 0.4) is 0 Å². The molecule has 1 heterocycles. The van der Waals surface area contributed by atoms with Crippen LogP contribution in [0.15, 0.2) is 47.4 Å². The molecule has 3 rings (SSSR count). The van der Waals surface area contributed by atoms with Crippen molar-refractivity contribution in [2.45, 2.75) is 30.7 Å². The molecule has 0 bridgehead atoms. The standard InChI is InChI=1S/C20H21Cl3N2O3S/c1-13(14-4-6-16(21)7-5-14)24-20(26)15-3-2-10-25(12-15)29(27,28)19-11-17(22)8-9-18(19)23/h4-9,11,13,15H,2-3,10,12H2,1H3,(H,24,26)/t13-,15-/m0/s1. The molecule has 0 aliphatic carbocycles. The monoisotopic (exact) mass is 474 g/mol. The van der Waals surface area contributed by atoms with E-state index in [0.29, 0.717) is 24.4 Å². The van der Waals surface area contributed by atoms with Crippen molar-refractivity contribution in [3.63, 3.8) is 0 Å². The summed E-state index contributed by atoms with van der Waals surface area (Å²) in [7, 11) is -3.84. The van der Waals surface area contributed by atoms with Crippen LogP contribution in [0.1, 0.15) is 31.4 Å². The molecule has 1 fully saturated rings. The van der Waals surface area contributed by atoms with Crippen molar-refractivity contribution in [2.24, 2.45) is 5.92 Å². The molecule has 9 heteroatoms. The smallest absolute Gasteiger partial charge is 0.244 e. The minimum Gasteiger partial charge on any atom is -0.349 e. The highest BCUT2D eigenvalue weighted by Crippen LogP contribution is 2.30. The van der Waals surface area contributed by atoms with Crippen molar-refractivity contribution < 1.29 is 13.2 Å². The van der Waals surface area contributed by atoms with E-state index in [9.17, 15) is 13.2 Å². The van der Waals surface area contributed by atoms with Crippen molar-refractivity contribution in [3.8, 4) is 0 Å². The van der Waals surface area contributed by atoms with Crippen LogP contribution in [-0.4, -0.2) is 31.7 Å². The van der Waals surface area contributed by atoms with Crippen molar-refractivity contribution >= 4 is 50.7 Å². The van der Waals surface area contributed by atoms with E-state index >= 15 is 0 Å². The van der Waals surface area contributed by atoms with Gasteiger partial charge in [-0.25, -0.2) is 8.42 Å². The number of rotatable bonds is 5. The number of nitrogens with one attached hydrogen (secondary N) is 1. The Labute approximate surface area is 186 Å². The summed E-state index contributed by atoms with van der Waals surface area (Å²) >= 11 is 18.0. The van der Waals surface area contributed by atoms with Crippen molar-refractivity contribution in [2.75, 3.05) is 13.1 Å². The molecule has 1 saturated heterocycles. The predicted octanol–water partition coefficient (Wildman–Crippen LogP) is 4.92. The lowest BCUT2D eigenvalue weighted by molar-refractivity contribution is -0.126. The first kappa shape index (κ1) is 22.4. The van der Waals surface area contributed by atoms with Crippen LogP contribution < -0.4 is 5.32 Å². The van der Waals surface area contributed by atoms with Crippen LogP contribution in [0.4, 0.5) is 0 Å². The van der Waals surface area contributed by atoms with Crippen LogP contribution >= 0.6 is 34.8 Å². The van der Waals surface area contributed by atoms with Crippen molar-refractivity contribution in [3.05, 3.63) is 63.1 Å². The van der Waals surface area contributed by atoms with Gasteiger partial charge < -0.3 is 5.32 Å². The van der Waals surface area contributed by atoms with Crippen molar-refractivity contribution in [1.82, 2.24) is 9.62 Å². The third kappa shape index (κ3) is 5.25.